The quantitative estimate of drug-likeness (QED) is 0.774. The number of nitrogens with one attached hydrogen (secondary N) is 2. The number of carbonyl (C=O) groups excluding carboxylic acids is 2. The van der Waals surface area contributed by atoms with Crippen LogP contribution >= 0.6 is 0 Å². The first-order chi connectivity index (χ1) is 14.5. The third-order valence-electron chi connectivity index (χ3n) is 6.14. The highest BCUT2D eigenvalue weighted by Gasteiger charge is 2.39. The van der Waals surface area contributed by atoms with E-state index in [2.05, 4.69) is 46.5 Å². The average Bonchev–Trinajstić information content (AvgIpc) is 3.50. The van der Waals surface area contributed by atoms with E-state index in [1.165, 1.54) is 5.69 Å². The van der Waals surface area contributed by atoms with E-state index >= 15 is 0 Å². The number of anilines is 2. The normalized spacial score (nSPS) is 21.2. The van der Waals surface area contributed by atoms with Gasteiger partial charge in [-0.3, -0.25) is 9.59 Å². The lowest BCUT2D eigenvalue weighted by Gasteiger charge is -2.35. The number of hydrogen-bond donors (Lipinski definition) is 2. The Balaban J connectivity index is 1.34. The van der Waals surface area contributed by atoms with Crippen LogP contribution in [0.2, 0.25) is 0 Å². The van der Waals surface area contributed by atoms with E-state index in [0.717, 1.165) is 43.9 Å². The Labute approximate surface area is 178 Å². The van der Waals surface area contributed by atoms with Crippen LogP contribution in [0.4, 0.5) is 11.4 Å². The fraction of sp³-hybridized carbons (Fsp3) is 0.417. The molecule has 2 fully saturated rings. The van der Waals surface area contributed by atoms with Crippen molar-refractivity contribution in [2.24, 2.45) is 11.8 Å². The molecule has 1 aliphatic carbocycles. The van der Waals surface area contributed by atoms with Gasteiger partial charge >= 0.3 is 0 Å². The van der Waals surface area contributed by atoms with Crippen LogP contribution < -0.4 is 15.5 Å². The highest BCUT2D eigenvalue weighted by atomic mass is 16.2. The van der Waals surface area contributed by atoms with Gasteiger partial charge in [0.2, 0.25) is 5.91 Å². The molecule has 30 heavy (non-hydrogen) atoms. The van der Waals surface area contributed by atoms with Gasteiger partial charge in [0.25, 0.3) is 5.91 Å². The molecule has 1 aliphatic heterocycles. The molecule has 2 atom stereocenters. The van der Waals surface area contributed by atoms with Gasteiger partial charge in [0.05, 0.1) is 0 Å². The van der Waals surface area contributed by atoms with Crippen LogP contribution in [0.3, 0.4) is 0 Å². The summed E-state index contributed by atoms with van der Waals surface area (Å²) in [4.78, 5) is 29.4. The van der Waals surface area contributed by atoms with E-state index in [1.54, 1.807) is 24.3 Å². The Hall–Kier alpha value is -2.86. The van der Waals surface area contributed by atoms with Crippen molar-refractivity contribution in [1.29, 1.82) is 0 Å². The summed E-state index contributed by atoms with van der Waals surface area (Å²) in [6, 6.07) is 15.4. The van der Waals surface area contributed by atoms with Gasteiger partial charge in [-0.05, 0) is 55.3 Å². The van der Waals surface area contributed by atoms with Crippen LogP contribution in [0.25, 0.3) is 0 Å². The van der Waals surface area contributed by atoms with Crippen LogP contribution in [0, 0.1) is 11.8 Å². The molecule has 0 bridgehead atoms. The molecule has 0 spiro atoms. The largest absolute Gasteiger partial charge is 0.369 e. The third kappa shape index (κ3) is 4.82. The first-order valence-corrected chi connectivity index (χ1v) is 10.7. The lowest BCUT2D eigenvalue weighted by Crippen LogP contribution is -2.45. The number of nitrogens with zero attached hydrogens (tertiary/aromatic N) is 2. The fourth-order valence-electron chi connectivity index (χ4n) is 3.92. The van der Waals surface area contributed by atoms with Crippen molar-refractivity contribution in [3.8, 4) is 0 Å². The van der Waals surface area contributed by atoms with Gasteiger partial charge in [0.15, 0.2) is 0 Å². The van der Waals surface area contributed by atoms with Crippen molar-refractivity contribution in [3.05, 3.63) is 59.7 Å². The van der Waals surface area contributed by atoms with E-state index in [9.17, 15) is 9.59 Å². The van der Waals surface area contributed by atoms with Crippen LogP contribution in [-0.2, 0) is 11.3 Å². The topological polar surface area (TPSA) is 64.7 Å². The molecule has 1 saturated heterocycles. The summed E-state index contributed by atoms with van der Waals surface area (Å²) in [5.74, 6) is 0.564. The summed E-state index contributed by atoms with van der Waals surface area (Å²) >= 11 is 0. The van der Waals surface area contributed by atoms with Crippen LogP contribution in [0.15, 0.2) is 48.5 Å². The molecular formula is C24H30N4O2. The lowest BCUT2D eigenvalue weighted by atomic mass is 10.1. The van der Waals surface area contributed by atoms with E-state index in [1.807, 2.05) is 12.1 Å². The molecule has 2 N–H and O–H groups in total. The fourth-order valence-corrected chi connectivity index (χ4v) is 3.92. The van der Waals surface area contributed by atoms with E-state index in [4.69, 9.17) is 0 Å². The molecule has 2 aromatic carbocycles. The number of benzene rings is 2. The van der Waals surface area contributed by atoms with Gasteiger partial charge in [-0.25, -0.2) is 0 Å². The van der Waals surface area contributed by atoms with Gasteiger partial charge in [0.1, 0.15) is 0 Å². The second kappa shape index (κ2) is 8.88. The van der Waals surface area contributed by atoms with Crippen molar-refractivity contribution >= 4 is 23.2 Å². The van der Waals surface area contributed by atoms with Crippen LogP contribution in [0.5, 0.6) is 0 Å². The van der Waals surface area contributed by atoms with Crippen molar-refractivity contribution < 1.29 is 9.59 Å². The van der Waals surface area contributed by atoms with Crippen LogP contribution in [-0.4, -0.2) is 49.9 Å². The average molecular weight is 407 g/mol. The van der Waals surface area contributed by atoms with Gasteiger partial charge < -0.3 is 20.4 Å². The smallest absolute Gasteiger partial charge is 0.251 e. The van der Waals surface area contributed by atoms with Crippen molar-refractivity contribution in [3.63, 3.8) is 0 Å². The lowest BCUT2D eigenvalue weighted by molar-refractivity contribution is -0.117. The molecule has 1 heterocycles. The zero-order chi connectivity index (χ0) is 21.1. The molecule has 2 aromatic rings. The predicted octanol–water partition coefficient (Wildman–Crippen LogP) is 2.96. The van der Waals surface area contributed by atoms with Gasteiger partial charge in [-0.15, -0.1) is 0 Å². The molecule has 0 aromatic heterocycles. The van der Waals surface area contributed by atoms with Crippen molar-refractivity contribution in [1.82, 2.24) is 10.2 Å². The number of piperazine rings is 1. The van der Waals surface area contributed by atoms with Crippen LogP contribution in [0.1, 0.15) is 29.3 Å². The Morgan fingerprint density at radius 2 is 1.67 bits per heavy atom. The van der Waals surface area contributed by atoms with E-state index in [0.29, 0.717) is 18.0 Å². The van der Waals surface area contributed by atoms with E-state index < -0.39 is 0 Å². The minimum absolute atomic E-state index is 0.0696. The third-order valence-corrected chi connectivity index (χ3v) is 6.14. The van der Waals surface area contributed by atoms with Gasteiger partial charge in [-0.1, -0.05) is 25.1 Å². The maximum atomic E-state index is 12.6. The standard InChI is InChI=1S/C24H30N4O2/c1-17-15-21(17)24(30)26-20-9-7-18(8-10-20)23(29)25-16-19-5-3-4-6-22(19)28-13-11-27(2)12-14-28/h3-10,17,21H,11-16H2,1-2H3,(H,25,29)(H,26,30). The Morgan fingerprint density at radius 1 is 1.00 bits per heavy atom. The maximum Gasteiger partial charge on any atom is 0.251 e. The van der Waals surface area contributed by atoms with Gasteiger partial charge in [0, 0.05) is 55.6 Å². The highest BCUT2D eigenvalue weighted by Crippen LogP contribution is 2.38. The zero-order valence-electron chi connectivity index (χ0n) is 17.7. The Bertz CT molecular complexity index is 904. The SMILES string of the molecule is CC1CC1C(=O)Nc1ccc(C(=O)NCc2ccccc2N2CCN(C)CC2)cc1. The molecule has 6 nitrogen and oxygen atoms in total. The summed E-state index contributed by atoms with van der Waals surface area (Å²) in [5.41, 5.74) is 3.64. The molecule has 0 radical (unpaired) electrons. The molecule has 2 amide bonds. The molecule has 158 valence electrons. The zero-order valence-corrected chi connectivity index (χ0v) is 17.7. The molecule has 2 unspecified atom stereocenters. The van der Waals surface area contributed by atoms with Crippen molar-refractivity contribution in [2.75, 3.05) is 43.4 Å². The number of rotatable bonds is 6. The summed E-state index contributed by atoms with van der Waals surface area (Å²) in [7, 11) is 2.15. The number of likely N-dealkylation sites (N-methyl/N-ethyl adjacent to an activating group) is 1. The first-order valence-electron chi connectivity index (χ1n) is 10.7. The maximum absolute atomic E-state index is 12.6. The highest BCUT2D eigenvalue weighted by molar-refractivity contribution is 5.97. The minimum atomic E-state index is -0.114. The Kier molecular flexibility index (Phi) is 6.04. The van der Waals surface area contributed by atoms with E-state index in [-0.39, 0.29) is 17.7 Å². The number of carbonyl (C=O) groups is 2. The minimum Gasteiger partial charge on any atom is -0.369 e. The Morgan fingerprint density at radius 3 is 2.33 bits per heavy atom. The molecule has 2 aliphatic rings. The monoisotopic (exact) mass is 406 g/mol. The van der Waals surface area contributed by atoms with Crippen molar-refractivity contribution in [2.45, 2.75) is 19.9 Å². The predicted molar refractivity (Wildman–Crippen MR) is 120 cm³/mol. The van der Waals surface area contributed by atoms with Gasteiger partial charge in [-0.2, -0.15) is 0 Å². The second-order valence-electron chi connectivity index (χ2n) is 8.49. The second-order valence-corrected chi connectivity index (χ2v) is 8.49. The first kappa shape index (κ1) is 20.4. The molecule has 1 saturated carbocycles. The number of amides is 2. The molecule has 4 rings (SSSR count). The number of hydrogen-bond acceptors (Lipinski definition) is 4. The number of para-hydroxylation sites is 1. The summed E-state index contributed by atoms with van der Waals surface area (Å²) in [6.45, 7) is 6.65. The summed E-state index contributed by atoms with van der Waals surface area (Å²) < 4.78 is 0. The molecular weight excluding hydrogens is 376 g/mol. The molecule has 6 heteroatoms. The summed E-state index contributed by atoms with van der Waals surface area (Å²) in [5, 5.41) is 5.96. The summed E-state index contributed by atoms with van der Waals surface area (Å²) in [6.07, 6.45) is 0.960.